The molecule has 0 aliphatic heterocycles. The molecule has 8 heavy (non-hydrogen) atoms. The quantitative estimate of drug-likeness (QED) is 0.584. The first-order chi connectivity index (χ1) is 3.93. The van der Waals surface area contributed by atoms with Crippen LogP contribution in [0.15, 0.2) is 17.5 Å². The molecule has 1 aromatic heterocycles. The van der Waals surface area contributed by atoms with Gasteiger partial charge in [-0.2, -0.15) is 4.37 Å². The molecule has 2 heteroatoms. The zero-order valence-electron chi connectivity index (χ0n) is 4.37. The summed E-state index contributed by atoms with van der Waals surface area (Å²) in [7, 11) is 0. The maximum atomic E-state index is 5.16. The van der Waals surface area contributed by atoms with Gasteiger partial charge in [-0.3, -0.25) is 0 Å². The van der Waals surface area contributed by atoms with Crippen LogP contribution in [-0.4, -0.2) is 4.37 Å². The Morgan fingerprint density at radius 2 is 2.75 bits per heavy atom. The summed E-state index contributed by atoms with van der Waals surface area (Å²) in [5.74, 6) is 0. The zero-order chi connectivity index (χ0) is 5.82. The Labute approximate surface area is 52.8 Å². The number of hydrogen-bond donors (Lipinski definition) is 0. The van der Waals surface area contributed by atoms with Gasteiger partial charge in [0.25, 0.3) is 0 Å². The number of hydrogen-bond acceptors (Lipinski definition) is 2. The molecule has 0 fully saturated rings. The molecule has 0 amide bonds. The third-order valence-electron chi connectivity index (χ3n) is 0.818. The molecule has 0 bridgehead atoms. The van der Waals surface area contributed by atoms with Crippen LogP contribution in [0.4, 0.5) is 0 Å². The molecule has 1 rings (SSSR count). The first-order valence-corrected chi connectivity index (χ1v) is 3.20. The molecular formula is C6H6NS. The molecule has 41 valence electrons. The fourth-order valence-corrected chi connectivity index (χ4v) is 1.01. The first kappa shape index (κ1) is 5.51. The normalized spacial score (nSPS) is 9.00. The second kappa shape index (κ2) is 2.62. The molecule has 0 atom stereocenters. The second-order valence-electron chi connectivity index (χ2n) is 1.43. The Hall–Kier alpha value is -0.630. The van der Waals surface area contributed by atoms with Crippen molar-refractivity contribution in [1.82, 2.24) is 4.37 Å². The average Bonchev–Trinajstić information content (AvgIpc) is 2.19. The van der Waals surface area contributed by atoms with Crippen LogP contribution in [-0.2, 0) is 6.42 Å². The van der Waals surface area contributed by atoms with Gasteiger partial charge in [0.15, 0.2) is 0 Å². The van der Waals surface area contributed by atoms with Crippen molar-refractivity contribution < 1.29 is 0 Å². The summed E-state index contributed by atoms with van der Waals surface area (Å²) in [5, 5.41) is 1.94. The molecule has 1 heterocycles. The van der Waals surface area contributed by atoms with Gasteiger partial charge in [-0.25, -0.2) is 0 Å². The smallest absolute Gasteiger partial charge is 0.0579 e. The summed E-state index contributed by atoms with van der Waals surface area (Å²) in [6, 6.07) is 1.97. The Morgan fingerprint density at radius 3 is 3.25 bits per heavy atom. The van der Waals surface area contributed by atoms with Crippen molar-refractivity contribution in [1.29, 1.82) is 0 Å². The highest BCUT2D eigenvalue weighted by molar-refractivity contribution is 7.03. The molecule has 1 radical (unpaired) electrons. The molecular weight excluding hydrogens is 118 g/mol. The lowest BCUT2D eigenvalue weighted by atomic mass is 10.3. The van der Waals surface area contributed by atoms with Crippen LogP contribution in [0.25, 0.3) is 0 Å². The highest BCUT2D eigenvalue weighted by Gasteiger charge is 1.86. The largest absolute Gasteiger partial charge is 0.197 e. The van der Waals surface area contributed by atoms with Gasteiger partial charge < -0.3 is 0 Å². The van der Waals surface area contributed by atoms with Crippen molar-refractivity contribution in [2.75, 3.05) is 0 Å². The molecule has 1 aromatic rings. The Bertz CT molecular complexity index is 155. The van der Waals surface area contributed by atoms with Gasteiger partial charge in [-0.05, 0) is 17.6 Å². The molecule has 0 aliphatic carbocycles. The number of aromatic nitrogens is 1. The minimum absolute atomic E-state index is 0.781. The topological polar surface area (TPSA) is 12.9 Å². The summed E-state index contributed by atoms with van der Waals surface area (Å²) < 4.78 is 4.04. The van der Waals surface area contributed by atoms with E-state index in [1.54, 1.807) is 6.08 Å². The predicted octanol–water partition coefficient (Wildman–Crippen LogP) is 1.67. The molecule has 0 saturated heterocycles. The van der Waals surface area contributed by atoms with Crippen LogP contribution >= 0.6 is 11.5 Å². The molecule has 0 aromatic carbocycles. The minimum Gasteiger partial charge on any atom is -0.197 e. The van der Waals surface area contributed by atoms with Gasteiger partial charge in [0.05, 0.1) is 5.69 Å². The number of allylic oxidation sites excluding steroid dienone is 1. The first-order valence-electron chi connectivity index (χ1n) is 2.36. The standard InChI is InChI=1S/C6H6NS/c1-2-3-6-4-5-8-7-6/h1-2,4-5H,3H2. The van der Waals surface area contributed by atoms with E-state index in [2.05, 4.69) is 4.37 Å². The molecule has 0 unspecified atom stereocenters. The van der Waals surface area contributed by atoms with Gasteiger partial charge in [0, 0.05) is 11.8 Å². The third kappa shape index (κ3) is 1.17. The second-order valence-corrected chi connectivity index (χ2v) is 2.10. The van der Waals surface area contributed by atoms with Crippen LogP contribution in [0, 0.1) is 6.58 Å². The van der Waals surface area contributed by atoms with Crippen molar-refractivity contribution in [2.24, 2.45) is 0 Å². The maximum Gasteiger partial charge on any atom is 0.0579 e. The van der Waals surface area contributed by atoms with Crippen LogP contribution in [0.2, 0.25) is 0 Å². The lowest BCUT2D eigenvalue weighted by molar-refractivity contribution is 1.19. The fourth-order valence-electron chi connectivity index (χ4n) is 0.464. The summed E-state index contributed by atoms with van der Waals surface area (Å²) in [5.41, 5.74) is 1.05. The highest BCUT2D eigenvalue weighted by atomic mass is 32.1. The highest BCUT2D eigenvalue weighted by Crippen LogP contribution is 1.99. The van der Waals surface area contributed by atoms with Crippen LogP contribution in [0.3, 0.4) is 0 Å². The van der Waals surface area contributed by atoms with Crippen molar-refractivity contribution in [3.63, 3.8) is 0 Å². The van der Waals surface area contributed by atoms with E-state index in [1.165, 1.54) is 11.5 Å². The van der Waals surface area contributed by atoms with E-state index in [0.717, 1.165) is 12.1 Å². The monoisotopic (exact) mass is 124 g/mol. The van der Waals surface area contributed by atoms with Crippen molar-refractivity contribution in [2.45, 2.75) is 6.42 Å². The van der Waals surface area contributed by atoms with E-state index in [0.29, 0.717) is 0 Å². The predicted molar refractivity (Wildman–Crippen MR) is 34.7 cm³/mol. The van der Waals surface area contributed by atoms with E-state index in [4.69, 9.17) is 6.58 Å². The van der Waals surface area contributed by atoms with Crippen LogP contribution in [0.1, 0.15) is 5.69 Å². The zero-order valence-corrected chi connectivity index (χ0v) is 5.19. The van der Waals surface area contributed by atoms with Gasteiger partial charge in [0.2, 0.25) is 0 Å². The Morgan fingerprint density at radius 1 is 1.88 bits per heavy atom. The summed E-state index contributed by atoms with van der Waals surface area (Å²) >= 11 is 1.45. The lowest BCUT2D eigenvalue weighted by Crippen LogP contribution is -1.74. The molecule has 0 spiro atoms. The van der Waals surface area contributed by atoms with E-state index < -0.39 is 0 Å². The van der Waals surface area contributed by atoms with Crippen LogP contribution < -0.4 is 0 Å². The van der Waals surface area contributed by atoms with E-state index in [-0.39, 0.29) is 0 Å². The minimum atomic E-state index is 0.781. The Balaban J connectivity index is 2.62. The van der Waals surface area contributed by atoms with Crippen molar-refractivity contribution >= 4 is 11.5 Å². The third-order valence-corrected chi connectivity index (χ3v) is 1.42. The van der Waals surface area contributed by atoms with Crippen molar-refractivity contribution in [3.8, 4) is 0 Å². The molecule has 0 saturated carbocycles. The lowest BCUT2D eigenvalue weighted by Gasteiger charge is -1.79. The fraction of sp³-hybridized carbons (Fsp3) is 0.167. The van der Waals surface area contributed by atoms with Gasteiger partial charge in [-0.1, -0.05) is 12.7 Å². The van der Waals surface area contributed by atoms with Gasteiger partial charge >= 0.3 is 0 Å². The van der Waals surface area contributed by atoms with Gasteiger partial charge in [-0.15, -0.1) is 0 Å². The Kier molecular flexibility index (Phi) is 1.80. The van der Waals surface area contributed by atoms with Crippen LogP contribution in [0.5, 0.6) is 0 Å². The molecule has 0 aliphatic rings. The average molecular weight is 124 g/mol. The molecule has 0 N–H and O–H groups in total. The van der Waals surface area contributed by atoms with E-state index >= 15 is 0 Å². The van der Waals surface area contributed by atoms with E-state index in [9.17, 15) is 0 Å². The van der Waals surface area contributed by atoms with E-state index in [1.807, 2.05) is 11.4 Å². The maximum absolute atomic E-state index is 5.16. The summed E-state index contributed by atoms with van der Waals surface area (Å²) in [6.07, 6.45) is 2.39. The number of rotatable bonds is 2. The van der Waals surface area contributed by atoms with Gasteiger partial charge in [0.1, 0.15) is 0 Å². The molecule has 1 nitrogen and oxygen atoms in total. The van der Waals surface area contributed by atoms with Crippen molar-refractivity contribution in [3.05, 3.63) is 29.8 Å². The number of nitrogens with zero attached hydrogens (tertiary/aromatic N) is 1. The summed E-state index contributed by atoms with van der Waals surface area (Å²) in [4.78, 5) is 0. The SMILES string of the molecule is [CH]=CCc1ccsn1. The summed E-state index contributed by atoms with van der Waals surface area (Å²) in [6.45, 7) is 5.16.